The molecule has 0 radical (unpaired) electrons. The fourth-order valence-corrected chi connectivity index (χ4v) is 3.42. The molecule has 32 heavy (non-hydrogen) atoms. The third kappa shape index (κ3) is 4.57. The van der Waals surface area contributed by atoms with E-state index in [1.54, 1.807) is 47.4 Å². The number of methoxy groups -OCH3 is 1. The van der Waals surface area contributed by atoms with E-state index in [2.05, 4.69) is 5.43 Å². The Hall–Kier alpha value is -3.85. The lowest BCUT2D eigenvalue weighted by atomic mass is 10.1. The average molecular weight is 437 g/mol. The van der Waals surface area contributed by atoms with Crippen LogP contribution in [0.1, 0.15) is 5.56 Å². The minimum atomic E-state index is -0.491. The van der Waals surface area contributed by atoms with Gasteiger partial charge in [-0.2, -0.15) is 0 Å². The van der Waals surface area contributed by atoms with Crippen molar-refractivity contribution in [3.63, 3.8) is 0 Å². The Labute approximate surface area is 185 Å². The minimum Gasteiger partial charge on any atom is -0.493 e. The largest absolute Gasteiger partial charge is 0.493 e. The lowest BCUT2D eigenvalue weighted by molar-refractivity contribution is -0.137. The molecule has 0 unspecified atom stereocenters. The van der Waals surface area contributed by atoms with Crippen LogP contribution in [0.25, 0.3) is 6.08 Å². The Morgan fingerprint density at radius 3 is 2.56 bits per heavy atom. The summed E-state index contributed by atoms with van der Waals surface area (Å²) in [7, 11) is 1.48. The molecular weight excluding hydrogens is 414 g/mol. The van der Waals surface area contributed by atoms with Gasteiger partial charge in [0.05, 0.1) is 26.0 Å². The lowest BCUT2D eigenvalue weighted by Crippen LogP contribution is -2.43. The number of anilines is 1. The average Bonchev–Trinajstić information content (AvgIpc) is 3.12. The number of hydrogen-bond acceptors (Lipinski definition) is 6. The Kier molecular flexibility index (Phi) is 6.37. The van der Waals surface area contributed by atoms with Gasteiger partial charge >= 0.3 is 0 Å². The van der Waals surface area contributed by atoms with E-state index in [1.165, 1.54) is 18.2 Å². The highest BCUT2D eigenvalue weighted by Crippen LogP contribution is 2.30. The number of carbonyl (C=O) groups excluding carboxylic acids is 3. The SMILES string of the molecule is COc1cc(/C=C2\C(=O)NN(c3ccccc3)C2=O)ccc1OCC(=O)N1CCOCC1. The summed E-state index contributed by atoms with van der Waals surface area (Å²) >= 11 is 0. The van der Waals surface area contributed by atoms with Gasteiger partial charge < -0.3 is 19.1 Å². The van der Waals surface area contributed by atoms with Crippen LogP contribution in [0.15, 0.2) is 54.1 Å². The van der Waals surface area contributed by atoms with Gasteiger partial charge in [0.1, 0.15) is 5.57 Å². The fourth-order valence-electron chi connectivity index (χ4n) is 3.42. The van der Waals surface area contributed by atoms with E-state index in [4.69, 9.17) is 14.2 Å². The van der Waals surface area contributed by atoms with Crippen molar-refractivity contribution < 1.29 is 28.6 Å². The highest BCUT2D eigenvalue weighted by molar-refractivity contribution is 6.31. The van der Waals surface area contributed by atoms with Crippen molar-refractivity contribution in [2.45, 2.75) is 0 Å². The van der Waals surface area contributed by atoms with Crippen molar-refractivity contribution in [2.24, 2.45) is 0 Å². The standard InChI is InChI=1S/C23H23N3O6/c1-30-20-14-16(7-8-19(20)32-15-21(27)25-9-11-31-12-10-25)13-18-22(28)24-26(23(18)29)17-5-3-2-4-6-17/h2-8,13-14H,9-12,15H2,1H3,(H,24,28)/b18-13+. The molecule has 0 bridgehead atoms. The molecule has 1 N–H and O–H groups in total. The van der Waals surface area contributed by atoms with Crippen molar-refractivity contribution in [2.75, 3.05) is 45.0 Å². The molecule has 0 spiro atoms. The summed E-state index contributed by atoms with van der Waals surface area (Å²) < 4.78 is 16.3. The summed E-state index contributed by atoms with van der Waals surface area (Å²) in [5, 5.41) is 1.21. The van der Waals surface area contributed by atoms with Crippen LogP contribution in [-0.2, 0) is 19.1 Å². The first-order valence-electron chi connectivity index (χ1n) is 10.2. The van der Waals surface area contributed by atoms with Gasteiger partial charge in [-0.05, 0) is 35.9 Å². The molecule has 0 atom stereocenters. The molecule has 2 aromatic carbocycles. The normalized spacial score (nSPS) is 17.5. The van der Waals surface area contributed by atoms with Gasteiger partial charge in [0.25, 0.3) is 17.7 Å². The zero-order chi connectivity index (χ0) is 22.5. The zero-order valence-corrected chi connectivity index (χ0v) is 17.6. The molecule has 9 nitrogen and oxygen atoms in total. The van der Waals surface area contributed by atoms with E-state index in [0.717, 1.165) is 0 Å². The molecule has 9 heteroatoms. The maximum absolute atomic E-state index is 12.7. The molecule has 2 aromatic rings. The summed E-state index contributed by atoms with van der Waals surface area (Å²) in [6.07, 6.45) is 1.49. The van der Waals surface area contributed by atoms with E-state index in [-0.39, 0.29) is 18.1 Å². The number of amides is 3. The number of para-hydroxylation sites is 1. The first-order chi connectivity index (χ1) is 15.6. The first-order valence-corrected chi connectivity index (χ1v) is 10.2. The van der Waals surface area contributed by atoms with E-state index in [1.807, 2.05) is 6.07 Å². The number of hydrogen-bond donors (Lipinski definition) is 1. The lowest BCUT2D eigenvalue weighted by Gasteiger charge is -2.26. The van der Waals surface area contributed by atoms with Crippen LogP contribution in [-0.4, -0.2) is 62.6 Å². The van der Waals surface area contributed by atoms with Gasteiger partial charge in [-0.1, -0.05) is 24.3 Å². The molecule has 2 aliphatic rings. The van der Waals surface area contributed by atoms with Crippen molar-refractivity contribution in [3.8, 4) is 11.5 Å². The van der Waals surface area contributed by atoms with Gasteiger partial charge in [-0.15, -0.1) is 0 Å². The van der Waals surface area contributed by atoms with Crippen molar-refractivity contribution in [1.29, 1.82) is 0 Å². The van der Waals surface area contributed by atoms with Gasteiger partial charge in [0.15, 0.2) is 18.1 Å². The van der Waals surface area contributed by atoms with E-state index >= 15 is 0 Å². The van der Waals surface area contributed by atoms with Crippen LogP contribution in [0.4, 0.5) is 5.69 Å². The van der Waals surface area contributed by atoms with Gasteiger partial charge in [0.2, 0.25) is 0 Å². The monoisotopic (exact) mass is 437 g/mol. The quantitative estimate of drug-likeness (QED) is 0.542. The molecule has 2 aliphatic heterocycles. The smallest absolute Gasteiger partial charge is 0.282 e. The second-order valence-corrected chi connectivity index (χ2v) is 7.17. The summed E-state index contributed by atoms with van der Waals surface area (Å²) in [5.41, 5.74) is 3.73. The maximum atomic E-state index is 12.7. The summed E-state index contributed by atoms with van der Waals surface area (Å²) in [5.74, 6) is -0.286. The van der Waals surface area contributed by atoms with Crippen molar-refractivity contribution in [3.05, 3.63) is 59.7 Å². The summed E-state index contributed by atoms with van der Waals surface area (Å²) in [6.45, 7) is 2.01. The molecule has 3 amide bonds. The van der Waals surface area contributed by atoms with Crippen LogP contribution in [0.2, 0.25) is 0 Å². The number of morpholine rings is 1. The third-order valence-corrected chi connectivity index (χ3v) is 5.12. The van der Waals surface area contributed by atoms with E-state index < -0.39 is 11.8 Å². The first kappa shape index (κ1) is 21.4. The van der Waals surface area contributed by atoms with E-state index in [9.17, 15) is 14.4 Å². The zero-order valence-electron chi connectivity index (χ0n) is 17.6. The number of ether oxygens (including phenoxy) is 3. The molecule has 2 fully saturated rings. The molecule has 0 aromatic heterocycles. The molecule has 2 saturated heterocycles. The second kappa shape index (κ2) is 9.52. The minimum absolute atomic E-state index is 0.00655. The molecule has 2 heterocycles. The Bertz CT molecular complexity index is 1050. The van der Waals surface area contributed by atoms with Crippen molar-refractivity contribution in [1.82, 2.24) is 10.3 Å². The van der Waals surface area contributed by atoms with Gasteiger partial charge in [-0.25, -0.2) is 5.01 Å². The van der Waals surface area contributed by atoms with Crippen LogP contribution in [0.3, 0.4) is 0 Å². The van der Waals surface area contributed by atoms with Crippen LogP contribution in [0.5, 0.6) is 11.5 Å². The Balaban J connectivity index is 1.47. The highest BCUT2D eigenvalue weighted by Gasteiger charge is 2.34. The molecule has 0 saturated carbocycles. The van der Waals surface area contributed by atoms with Crippen molar-refractivity contribution >= 4 is 29.5 Å². The predicted octanol–water partition coefficient (Wildman–Crippen LogP) is 1.39. The third-order valence-electron chi connectivity index (χ3n) is 5.12. The number of hydrazine groups is 1. The van der Waals surface area contributed by atoms with Crippen LogP contribution < -0.4 is 19.9 Å². The molecular formula is C23H23N3O6. The number of carbonyl (C=O) groups is 3. The number of benzene rings is 2. The highest BCUT2D eigenvalue weighted by atomic mass is 16.5. The van der Waals surface area contributed by atoms with Crippen LogP contribution >= 0.6 is 0 Å². The number of rotatable bonds is 6. The van der Waals surface area contributed by atoms with Gasteiger partial charge in [0, 0.05) is 13.1 Å². The Morgan fingerprint density at radius 2 is 1.84 bits per heavy atom. The number of nitrogens with zero attached hydrogens (tertiary/aromatic N) is 2. The fraction of sp³-hybridized carbons (Fsp3) is 0.261. The van der Waals surface area contributed by atoms with E-state index in [0.29, 0.717) is 49.1 Å². The number of nitrogens with one attached hydrogen (secondary N) is 1. The maximum Gasteiger partial charge on any atom is 0.282 e. The second-order valence-electron chi connectivity index (χ2n) is 7.17. The molecule has 4 rings (SSSR count). The summed E-state index contributed by atoms with van der Waals surface area (Å²) in [6, 6.07) is 13.8. The van der Waals surface area contributed by atoms with Gasteiger partial charge in [-0.3, -0.25) is 19.8 Å². The topological polar surface area (TPSA) is 97.4 Å². The van der Waals surface area contributed by atoms with Crippen LogP contribution in [0, 0.1) is 0 Å². The molecule has 0 aliphatic carbocycles. The predicted molar refractivity (Wildman–Crippen MR) is 116 cm³/mol. The molecule has 166 valence electrons. The Morgan fingerprint density at radius 1 is 1.09 bits per heavy atom. The summed E-state index contributed by atoms with van der Waals surface area (Å²) in [4.78, 5) is 39.1.